The van der Waals surface area contributed by atoms with Crippen LogP contribution in [0.5, 0.6) is 5.75 Å². The number of fused-ring (bicyclic) bond motifs is 1. The molecule has 1 fully saturated rings. The first-order chi connectivity index (χ1) is 15.1. The quantitative estimate of drug-likeness (QED) is 0.514. The second kappa shape index (κ2) is 8.08. The van der Waals surface area contributed by atoms with Gasteiger partial charge < -0.3 is 19.5 Å². The molecule has 0 atom stereocenters. The SMILES string of the molecule is COc1ccc(-c2c[nH]c3ncc(-c4ccc(N5CCN(C)CC5)c(C)c4)cc23)cc1. The van der Waals surface area contributed by atoms with Gasteiger partial charge in [0.15, 0.2) is 0 Å². The van der Waals surface area contributed by atoms with Crippen molar-refractivity contribution < 1.29 is 4.74 Å². The summed E-state index contributed by atoms with van der Waals surface area (Å²) in [6.07, 6.45) is 3.99. The number of nitrogens with zero attached hydrogens (tertiary/aromatic N) is 3. The zero-order chi connectivity index (χ0) is 21.4. The summed E-state index contributed by atoms with van der Waals surface area (Å²) in [5, 5.41) is 1.13. The lowest BCUT2D eigenvalue weighted by atomic mass is 10.00. The maximum atomic E-state index is 5.29. The zero-order valence-corrected chi connectivity index (χ0v) is 18.4. The molecule has 5 heteroatoms. The van der Waals surface area contributed by atoms with Crippen molar-refractivity contribution in [1.82, 2.24) is 14.9 Å². The van der Waals surface area contributed by atoms with Gasteiger partial charge in [0.05, 0.1) is 7.11 Å². The van der Waals surface area contributed by atoms with Gasteiger partial charge in [-0.1, -0.05) is 18.2 Å². The Morgan fingerprint density at radius 3 is 2.35 bits per heavy atom. The number of aryl methyl sites for hydroxylation is 1. The molecular weight excluding hydrogens is 384 g/mol. The summed E-state index contributed by atoms with van der Waals surface area (Å²) in [6, 6.07) is 17.2. The van der Waals surface area contributed by atoms with Crippen molar-refractivity contribution >= 4 is 16.7 Å². The summed E-state index contributed by atoms with van der Waals surface area (Å²) < 4.78 is 5.29. The zero-order valence-electron chi connectivity index (χ0n) is 18.4. The normalized spacial score (nSPS) is 14.9. The van der Waals surface area contributed by atoms with Gasteiger partial charge in [-0.3, -0.25) is 0 Å². The number of aromatic amines is 1. The van der Waals surface area contributed by atoms with Crippen molar-refractivity contribution in [2.24, 2.45) is 0 Å². The van der Waals surface area contributed by atoms with E-state index in [2.05, 4.69) is 65.2 Å². The third kappa shape index (κ3) is 3.77. The van der Waals surface area contributed by atoms with Gasteiger partial charge in [-0.25, -0.2) is 4.98 Å². The van der Waals surface area contributed by atoms with Crippen LogP contribution in [0.2, 0.25) is 0 Å². The highest BCUT2D eigenvalue weighted by Crippen LogP contribution is 2.33. The number of rotatable bonds is 4. The lowest BCUT2D eigenvalue weighted by molar-refractivity contribution is 0.312. The first kappa shape index (κ1) is 19.6. The highest BCUT2D eigenvalue weighted by atomic mass is 16.5. The average Bonchev–Trinajstić information content (AvgIpc) is 3.23. The smallest absolute Gasteiger partial charge is 0.137 e. The fourth-order valence-electron chi connectivity index (χ4n) is 4.41. The lowest BCUT2D eigenvalue weighted by Gasteiger charge is -2.35. The highest BCUT2D eigenvalue weighted by molar-refractivity contribution is 5.96. The summed E-state index contributed by atoms with van der Waals surface area (Å²) in [7, 11) is 3.88. The van der Waals surface area contributed by atoms with Crippen molar-refractivity contribution in [2.75, 3.05) is 45.2 Å². The van der Waals surface area contributed by atoms with Crippen molar-refractivity contribution in [3.05, 3.63) is 66.5 Å². The van der Waals surface area contributed by atoms with Crippen LogP contribution >= 0.6 is 0 Å². The molecule has 0 saturated carbocycles. The van der Waals surface area contributed by atoms with Crippen LogP contribution < -0.4 is 9.64 Å². The third-order valence-electron chi connectivity index (χ3n) is 6.31. The second-order valence-corrected chi connectivity index (χ2v) is 8.34. The number of hydrogen-bond donors (Lipinski definition) is 1. The van der Waals surface area contributed by atoms with Gasteiger partial charge in [0.1, 0.15) is 11.4 Å². The monoisotopic (exact) mass is 412 g/mol. The standard InChI is InChI=1S/C26H28N4O/c1-18-14-20(6-9-25(18)30-12-10-29(2)11-13-30)21-15-23-24(17-28-26(23)27-16-21)19-4-7-22(31-3)8-5-19/h4-9,14-17H,10-13H2,1-3H3,(H,27,28). The summed E-state index contributed by atoms with van der Waals surface area (Å²) in [4.78, 5) is 12.9. The minimum Gasteiger partial charge on any atom is -0.497 e. The van der Waals surface area contributed by atoms with E-state index in [-0.39, 0.29) is 0 Å². The summed E-state index contributed by atoms with van der Waals surface area (Å²) in [5.74, 6) is 0.860. The van der Waals surface area contributed by atoms with E-state index in [1.54, 1.807) is 7.11 Å². The fourth-order valence-corrected chi connectivity index (χ4v) is 4.41. The van der Waals surface area contributed by atoms with Crippen LogP contribution in [0.4, 0.5) is 5.69 Å². The van der Waals surface area contributed by atoms with E-state index < -0.39 is 0 Å². The number of H-pyrrole nitrogens is 1. The van der Waals surface area contributed by atoms with Crippen molar-refractivity contribution in [1.29, 1.82) is 0 Å². The van der Waals surface area contributed by atoms with Crippen molar-refractivity contribution in [2.45, 2.75) is 6.92 Å². The number of hydrogen-bond acceptors (Lipinski definition) is 4. The molecule has 5 nitrogen and oxygen atoms in total. The molecule has 0 aliphatic carbocycles. The van der Waals surface area contributed by atoms with E-state index in [0.29, 0.717) is 0 Å². The molecule has 158 valence electrons. The number of anilines is 1. The lowest BCUT2D eigenvalue weighted by Crippen LogP contribution is -2.44. The number of benzene rings is 2. The molecule has 2 aromatic heterocycles. The Hall–Kier alpha value is -3.31. The van der Waals surface area contributed by atoms with E-state index in [0.717, 1.165) is 59.7 Å². The molecule has 3 heterocycles. The van der Waals surface area contributed by atoms with Crippen LogP contribution in [-0.2, 0) is 0 Å². The molecule has 4 aromatic rings. The molecule has 0 amide bonds. The molecule has 1 saturated heterocycles. The maximum absolute atomic E-state index is 5.29. The Kier molecular flexibility index (Phi) is 5.12. The Bertz CT molecular complexity index is 1200. The predicted molar refractivity (Wildman–Crippen MR) is 128 cm³/mol. The number of methoxy groups -OCH3 is 1. The van der Waals surface area contributed by atoms with Gasteiger partial charge in [0, 0.05) is 60.8 Å². The minimum absolute atomic E-state index is 0.860. The fraction of sp³-hybridized carbons (Fsp3) is 0.269. The Morgan fingerprint density at radius 2 is 1.65 bits per heavy atom. The van der Waals surface area contributed by atoms with Gasteiger partial charge in [0.25, 0.3) is 0 Å². The molecule has 0 unspecified atom stereocenters. The first-order valence-corrected chi connectivity index (χ1v) is 10.8. The first-order valence-electron chi connectivity index (χ1n) is 10.8. The number of piperazine rings is 1. The van der Waals surface area contributed by atoms with Crippen LogP contribution in [0.1, 0.15) is 5.56 Å². The number of pyridine rings is 1. The van der Waals surface area contributed by atoms with E-state index in [1.807, 2.05) is 24.5 Å². The summed E-state index contributed by atoms with van der Waals surface area (Å²) >= 11 is 0. The largest absolute Gasteiger partial charge is 0.497 e. The van der Waals surface area contributed by atoms with Crippen molar-refractivity contribution in [3.8, 4) is 28.0 Å². The molecule has 31 heavy (non-hydrogen) atoms. The van der Waals surface area contributed by atoms with Crippen LogP contribution in [-0.4, -0.2) is 55.2 Å². The second-order valence-electron chi connectivity index (χ2n) is 8.34. The molecule has 0 radical (unpaired) electrons. The van der Waals surface area contributed by atoms with Crippen LogP contribution in [0, 0.1) is 6.92 Å². The Morgan fingerprint density at radius 1 is 0.903 bits per heavy atom. The Balaban J connectivity index is 1.48. The molecule has 0 bridgehead atoms. The van der Waals surface area contributed by atoms with Crippen molar-refractivity contribution in [3.63, 3.8) is 0 Å². The van der Waals surface area contributed by atoms with E-state index in [4.69, 9.17) is 9.72 Å². The predicted octanol–water partition coefficient (Wildman–Crippen LogP) is 4.97. The topological polar surface area (TPSA) is 44.4 Å². The van der Waals surface area contributed by atoms with Crippen LogP contribution in [0.15, 0.2) is 60.9 Å². The third-order valence-corrected chi connectivity index (χ3v) is 6.31. The molecule has 1 aliphatic rings. The van der Waals surface area contributed by atoms with Gasteiger partial charge >= 0.3 is 0 Å². The van der Waals surface area contributed by atoms with Gasteiger partial charge in [0.2, 0.25) is 0 Å². The van der Waals surface area contributed by atoms with Gasteiger partial charge in [-0.05, 0) is 61.0 Å². The molecule has 0 spiro atoms. The number of nitrogens with one attached hydrogen (secondary N) is 1. The van der Waals surface area contributed by atoms with Crippen LogP contribution in [0.25, 0.3) is 33.3 Å². The number of ether oxygens (including phenoxy) is 1. The molecule has 1 aliphatic heterocycles. The summed E-state index contributed by atoms with van der Waals surface area (Å²) in [5.41, 5.74) is 8.19. The average molecular weight is 413 g/mol. The molecular formula is C26H28N4O. The Labute approximate surface area is 183 Å². The number of aromatic nitrogens is 2. The van der Waals surface area contributed by atoms with E-state index >= 15 is 0 Å². The molecule has 5 rings (SSSR count). The van der Waals surface area contributed by atoms with E-state index in [1.165, 1.54) is 16.8 Å². The summed E-state index contributed by atoms with van der Waals surface area (Å²) in [6.45, 7) is 6.60. The molecule has 1 N–H and O–H groups in total. The maximum Gasteiger partial charge on any atom is 0.137 e. The highest BCUT2D eigenvalue weighted by Gasteiger charge is 2.16. The van der Waals surface area contributed by atoms with Gasteiger partial charge in [-0.15, -0.1) is 0 Å². The van der Waals surface area contributed by atoms with E-state index in [9.17, 15) is 0 Å². The van der Waals surface area contributed by atoms with Crippen LogP contribution in [0.3, 0.4) is 0 Å². The molecule has 2 aromatic carbocycles. The number of likely N-dealkylation sites (N-methyl/N-ethyl adjacent to an activating group) is 1. The van der Waals surface area contributed by atoms with Gasteiger partial charge in [-0.2, -0.15) is 0 Å². The minimum atomic E-state index is 0.860.